The molecule has 1 amide bonds. The Hall–Kier alpha value is -2.47. The lowest BCUT2D eigenvalue weighted by molar-refractivity contribution is 0.0943. The molecule has 140 valence electrons. The van der Waals surface area contributed by atoms with Gasteiger partial charge in [-0.25, -0.2) is 0 Å². The van der Waals surface area contributed by atoms with E-state index >= 15 is 0 Å². The zero-order valence-electron chi connectivity index (χ0n) is 15.1. The maximum Gasteiger partial charge on any atom is 0.267 e. The minimum Gasteiger partial charge on any atom is -0.454 e. The molecule has 2 aliphatic rings. The topological polar surface area (TPSA) is 52.5 Å². The number of nitrogens with one attached hydrogen (secondary N) is 1. The molecule has 1 aliphatic heterocycles. The fourth-order valence-corrected chi connectivity index (χ4v) is 4.99. The Labute approximate surface area is 161 Å². The van der Waals surface area contributed by atoms with E-state index < -0.39 is 0 Å². The van der Waals surface area contributed by atoms with Crippen LogP contribution in [-0.2, 0) is 6.42 Å². The second-order valence-electron chi connectivity index (χ2n) is 7.20. The minimum absolute atomic E-state index is 0.0195. The third-order valence-electron chi connectivity index (χ3n) is 5.52. The number of ether oxygens (including phenoxy) is 2. The quantitative estimate of drug-likeness (QED) is 0.706. The van der Waals surface area contributed by atoms with E-state index in [1.54, 1.807) is 11.3 Å². The highest BCUT2D eigenvalue weighted by Gasteiger charge is 2.24. The summed E-state index contributed by atoms with van der Waals surface area (Å²) in [5.41, 5.74) is 3.13. The van der Waals surface area contributed by atoms with Gasteiger partial charge < -0.3 is 19.4 Å². The molecule has 0 bridgehead atoms. The first-order valence-electron chi connectivity index (χ1n) is 9.55. The molecule has 6 heteroatoms. The van der Waals surface area contributed by atoms with Crippen molar-refractivity contribution in [2.75, 3.05) is 13.3 Å². The number of carbonyl (C=O) groups is 1. The van der Waals surface area contributed by atoms with Crippen LogP contribution in [0.25, 0.3) is 10.2 Å². The molecule has 1 aromatic carbocycles. The summed E-state index contributed by atoms with van der Waals surface area (Å²) in [6.45, 7) is 0.882. The van der Waals surface area contributed by atoms with Gasteiger partial charge in [-0.1, -0.05) is 18.9 Å². The smallest absolute Gasteiger partial charge is 0.267 e. The van der Waals surface area contributed by atoms with Crippen LogP contribution in [0.15, 0.2) is 35.7 Å². The molecule has 5 nitrogen and oxygen atoms in total. The zero-order chi connectivity index (χ0) is 18.2. The fraction of sp³-hybridized carbons (Fsp3) is 0.381. The molecule has 0 unspecified atom stereocenters. The van der Waals surface area contributed by atoms with E-state index in [2.05, 4.69) is 21.3 Å². The Morgan fingerprint density at radius 3 is 2.89 bits per heavy atom. The Balaban J connectivity index is 1.30. The number of hydrogen-bond donors (Lipinski definition) is 1. The summed E-state index contributed by atoms with van der Waals surface area (Å²) in [4.78, 5) is 12.9. The van der Waals surface area contributed by atoms with E-state index in [9.17, 15) is 4.79 Å². The van der Waals surface area contributed by atoms with Crippen molar-refractivity contribution >= 4 is 27.5 Å². The summed E-state index contributed by atoms with van der Waals surface area (Å²) in [7, 11) is 0. The number of aromatic nitrogens is 1. The van der Waals surface area contributed by atoms with Crippen molar-refractivity contribution in [2.24, 2.45) is 0 Å². The van der Waals surface area contributed by atoms with Crippen molar-refractivity contribution in [3.8, 4) is 11.5 Å². The molecule has 0 spiro atoms. The van der Waals surface area contributed by atoms with Gasteiger partial charge in [0.15, 0.2) is 11.5 Å². The van der Waals surface area contributed by atoms with Gasteiger partial charge in [-0.2, -0.15) is 0 Å². The number of carbonyl (C=O) groups excluding carboxylic acids is 1. The van der Waals surface area contributed by atoms with Gasteiger partial charge in [-0.3, -0.25) is 4.79 Å². The van der Waals surface area contributed by atoms with Crippen LogP contribution in [-0.4, -0.2) is 23.8 Å². The Morgan fingerprint density at radius 1 is 1.15 bits per heavy atom. The lowest BCUT2D eigenvalue weighted by atomic mass is 10.1. The van der Waals surface area contributed by atoms with Crippen molar-refractivity contribution in [2.45, 2.75) is 38.1 Å². The number of rotatable bonds is 5. The third-order valence-corrected chi connectivity index (χ3v) is 6.37. The molecule has 3 heterocycles. The van der Waals surface area contributed by atoms with E-state index in [-0.39, 0.29) is 12.7 Å². The summed E-state index contributed by atoms with van der Waals surface area (Å²) in [5.74, 6) is 1.59. The van der Waals surface area contributed by atoms with Crippen LogP contribution in [0.4, 0.5) is 0 Å². The van der Waals surface area contributed by atoms with Crippen LogP contribution in [0.2, 0.25) is 0 Å². The molecule has 0 atom stereocenters. The van der Waals surface area contributed by atoms with E-state index in [0.29, 0.717) is 12.6 Å². The predicted molar refractivity (Wildman–Crippen MR) is 106 cm³/mol. The van der Waals surface area contributed by atoms with Crippen LogP contribution >= 0.6 is 11.3 Å². The van der Waals surface area contributed by atoms with Crippen LogP contribution in [0.1, 0.15) is 47.8 Å². The van der Waals surface area contributed by atoms with Crippen molar-refractivity contribution in [3.63, 3.8) is 0 Å². The van der Waals surface area contributed by atoms with Gasteiger partial charge in [0.2, 0.25) is 6.79 Å². The summed E-state index contributed by atoms with van der Waals surface area (Å²) in [6.07, 6.45) is 5.59. The van der Waals surface area contributed by atoms with Gasteiger partial charge in [-0.05, 0) is 54.5 Å². The minimum atomic E-state index is 0.0195. The molecule has 1 N–H and O–H groups in total. The van der Waals surface area contributed by atoms with Crippen LogP contribution in [0, 0.1) is 0 Å². The first-order valence-corrected chi connectivity index (χ1v) is 10.4. The molecule has 1 fully saturated rings. The molecule has 2 aromatic heterocycles. The molecule has 0 saturated heterocycles. The number of thiophene rings is 1. The Bertz CT molecular complexity index is 985. The highest BCUT2D eigenvalue weighted by molar-refractivity contribution is 7.17. The molecule has 1 saturated carbocycles. The molecule has 3 aromatic rings. The van der Waals surface area contributed by atoms with Crippen LogP contribution in [0.3, 0.4) is 0 Å². The Kier molecular flexibility index (Phi) is 4.28. The van der Waals surface area contributed by atoms with Crippen molar-refractivity contribution in [3.05, 3.63) is 47.0 Å². The first-order chi connectivity index (χ1) is 13.3. The van der Waals surface area contributed by atoms with Crippen LogP contribution in [0.5, 0.6) is 11.5 Å². The molecular weight excluding hydrogens is 360 g/mol. The predicted octanol–water partition coefficient (Wildman–Crippen LogP) is 4.52. The SMILES string of the molecule is O=C(NCCc1ccc2c(c1)OCO2)c1cc2sccc2n1C1CCCC1. The summed E-state index contributed by atoms with van der Waals surface area (Å²) >= 11 is 1.70. The fourth-order valence-electron chi connectivity index (χ4n) is 4.18. The van der Waals surface area contributed by atoms with Crippen LogP contribution < -0.4 is 14.8 Å². The summed E-state index contributed by atoms with van der Waals surface area (Å²) in [6, 6.07) is 10.6. The average Bonchev–Trinajstić information content (AvgIpc) is 3.43. The molecule has 27 heavy (non-hydrogen) atoms. The largest absolute Gasteiger partial charge is 0.454 e. The van der Waals surface area contributed by atoms with Gasteiger partial charge in [-0.15, -0.1) is 11.3 Å². The molecular formula is C21H22N2O3S. The summed E-state index contributed by atoms with van der Waals surface area (Å²) < 4.78 is 14.2. The molecule has 0 radical (unpaired) electrons. The van der Waals surface area contributed by atoms with E-state index in [0.717, 1.165) is 42.0 Å². The van der Waals surface area contributed by atoms with Gasteiger partial charge >= 0.3 is 0 Å². The zero-order valence-corrected chi connectivity index (χ0v) is 15.9. The van der Waals surface area contributed by atoms with Gasteiger partial charge in [0, 0.05) is 12.6 Å². The number of hydrogen-bond acceptors (Lipinski definition) is 4. The number of benzene rings is 1. The highest BCUT2D eigenvalue weighted by Crippen LogP contribution is 2.36. The maximum atomic E-state index is 12.9. The first kappa shape index (κ1) is 16.7. The highest BCUT2D eigenvalue weighted by atomic mass is 32.1. The number of fused-ring (bicyclic) bond motifs is 2. The Morgan fingerprint density at radius 2 is 2.00 bits per heavy atom. The average molecular weight is 382 g/mol. The van der Waals surface area contributed by atoms with Crippen molar-refractivity contribution in [1.29, 1.82) is 0 Å². The normalized spacial score (nSPS) is 16.3. The van der Waals surface area contributed by atoms with Crippen molar-refractivity contribution in [1.82, 2.24) is 9.88 Å². The van der Waals surface area contributed by atoms with Gasteiger partial charge in [0.1, 0.15) is 5.69 Å². The van der Waals surface area contributed by atoms with E-state index in [1.165, 1.54) is 23.1 Å². The summed E-state index contributed by atoms with van der Waals surface area (Å²) in [5, 5.41) is 5.21. The van der Waals surface area contributed by atoms with Gasteiger partial charge in [0.05, 0.1) is 10.2 Å². The maximum absolute atomic E-state index is 12.9. The second-order valence-corrected chi connectivity index (χ2v) is 8.15. The standard InChI is InChI=1S/C21H22N2O3S/c24-21(22-9-7-14-5-6-18-19(11-14)26-13-25-18)17-12-20-16(8-10-27-20)23(17)15-3-1-2-4-15/h5-6,8,10-12,15H,1-4,7,9,13H2,(H,22,24). The molecule has 5 rings (SSSR count). The van der Waals surface area contributed by atoms with E-state index in [1.807, 2.05) is 24.3 Å². The third kappa shape index (κ3) is 3.08. The number of nitrogens with zero attached hydrogens (tertiary/aromatic N) is 1. The lowest BCUT2D eigenvalue weighted by Gasteiger charge is -2.17. The van der Waals surface area contributed by atoms with Crippen molar-refractivity contribution < 1.29 is 14.3 Å². The van der Waals surface area contributed by atoms with Gasteiger partial charge in [0.25, 0.3) is 5.91 Å². The molecule has 1 aliphatic carbocycles. The second kappa shape index (κ2) is 6.93. The monoisotopic (exact) mass is 382 g/mol. The number of amides is 1. The van der Waals surface area contributed by atoms with E-state index in [4.69, 9.17) is 9.47 Å². The lowest BCUT2D eigenvalue weighted by Crippen LogP contribution is -2.28.